The highest BCUT2D eigenvalue weighted by Crippen LogP contribution is 2.19. The number of amides is 2. The van der Waals surface area contributed by atoms with Crippen molar-refractivity contribution in [2.24, 2.45) is 5.41 Å². The topological polar surface area (TPSA) is 91.3 Å². The third kappa shape index (κ3) is 5.16. The second-order valence-electron chi connectivity index (χ2n) is 5.65. The Morgan fingerprint density at radius 3 is 2.55 bits per heavy atom. The summed E-state index contributed by atoms with van der Waals surface area (Å²) in [5.74, 6) is -1.04. The number of aromatic nitrogens is 1. The van der Waals surface area contributed by atoms with Crippen molar-refractivity contribution in [3.05, 3.63) is 16.1 Å². The van der Waals surface area contributed by atoms with E-state index in [0.717, 1.165) is 10.7 Å². The summed E-state index contributed by atoms with van der Waals surface area (Å²) in [5.41, 5.74) is 0.383. The number of aliphatic carboxylic acids is 1. The minimum absolute atomic E-state index is 0.422. The summed E-state index contributed by atoms with van der Waals surface area (Å²) in [4.78, 5) is 27.1. The van der Waals surface area contributed by atoms with Gasteiger partial charge in [-0.2, -0.15) is 0 Å². The van der Waals surface area contributed by atoms with Gasteiger partial charge in [-0.05, 0) is 12.3 Å². The van der Waals surface area contributed by atoms with Crippen LogP contribution >= 0.6 is 11.3 Å². The summed E-state index contributed by atoms with van der Waals surface area (Å²) in [5, 5.41) is 17.2. The maximum atomic E-state index is 11.7. The number of hydrogen-bond acceptors (Lipinski definition) is 4. The molecule has 6 nitrogen and oxygen atoms in total. The van der Waals surface area contributed by atoms with Crippen LogP contribution in [0.5, 0.6) is 0 Å². The third-order valence-electron chi connectivity index (χ3n) is 2.72. The van der Waals surface area contributed by atoms with Gasteiger partial charge in [-0.15, -0.1) is 11.3 Å². The molecular weight excluding hydrogens is 278 g/mol. The number of rotatable bonds is 5. The largest absolute Gasteiger partial charge is 0.480 e. The minimum Gasteiger partial charge on any atom is -0.480 e. The number of urea groups is 1. The zero-order valence-corrected chi connectivity index (χ0v) is 13.0. The molecule has 2 amide bonds. The van der Waals surface area contributed by atoms with Crippen molar-refractivity contribution in [3.63, 3.8) is 0 Å². The summed E-state index contributed by atoms with van der Waals surface area (Å²) in [6.45, 7) is 7.65. The summed E-state index contributed by atoms with van der Waals surface area (Å²) in [6, 6.07) is -1.40. The fourth-order valence-electron chi connectivity index (χ4n) is 1.66. The van der Waals surface area contributed by atoms with Crippen LogP contribution in [0.15, 0.2) is 5.38 Å². The van der Waals surface area contributed by atoms with E-state index in [0.29, 0.717) is 13.0 Å². The van der Waals surface area contributed by atoms with Crippen LogP contribution in [-0.2, 0) is 11.2 Å². The maximum absolute atomic E-state index is 11.7. The third-order valence-corrected chi connectivity index (χ3v) is 3.54. The van der Waals surface area contributed by atoms with Crippen molar-refractivity contribution in [2.75, 3.05) is 6.54 Å². The van der Waals surface area contributed by atoms with E-state index in [9.17, 15) is 9.59 Å². The molecule has 7 heteroatoms. The Morgan fingerprint density at radius 2 is 2.10 bits per heavy atom. The summed E-state index contributed by atoms with van der Waals surface area (Å²) >= 11 is 1.56. The molecule has 0 fully saturated rings. The number of aryl methyl sites for hydroxylation is 1. The van der Waals surface area contributed by atoms with Gasteiger partial charge in [0.2, 0.25) is 0 Å². The van der Waals surface area contributed by atoms with Gasteiger partial charge < -0.3 is 15.7 Å². The van der Waals surface area contributed by atoms with Crippen molar-refractivity contribution in [2.45, 2.75) is 40.2 Å². The number of nitrogens with zero attached hydrogens (tertiary/aromatic N) is 1. The van der Waals surface area contributed by atoms with Gasteiger partial charge in [-0.3, -0.25) is 0 Å². The van der Waals surface area contributed by atoms with E-state index >= 15 is 0 Å². The molecule has 112 valence electrons. The molecule has 1 heterocycles. The number of carboxylic acids is 1. The molecule has 3 N–H and O–H groups in total. The zero-order valence-electron chi connectivity index (χ0n) is 12.2. The lowest BCUT2D eigenvalue weighted by Gasteiger charge is -2.27. The summed E-state index contributed by atoms with van der Waals surface area (Å²) in [7, 11) is 0. The molecule has 1 rings (SSSR count). The number of hydrogen-bond donors (Lipinski definition) is 3. The van der Waals surface area contributed by atoms with Gasteiger partial charge in [0.05, 0.1) is 10.7 Å². The smallest absolute Gasteiger partial charge is 0.326 e. The zero-order chi connectivity index (χ0) is 15.3. The first-order valence-corrected chi connectivity index (χ1v) is 7.26. The first-order valence-electron chi connectivity index (χ1n) is 6.38. The van der Waals surface area contributed by atoms with Crippen LogP contribution in [0.25, 0.3) is 0 Å². The van der Waals surface area contributed by atoms with Crippen molar-refractivity contribution in [1.82, 2.24) is 15.6 Å². The van der Waals surface area contributed by atoms with E-state index in [4.69, 9.17) is 5.11 Å². The quantitative estimate of drug-likeness (QED) is 0.773. The molecular formula is C13H21N3O3S. The lowest BCUT2D eigenvalue weighted by atomic mass is 9.87. The normalized spacial score (nSPS) is 12.8. The average Bonchev–Trinajstić information content (AvgIpc) is 2.70. The van der Waals surface area contributed by atoms with Crippen LogP contribution in [0.4, 0.5) is 4.79 Å². The van der Waals surface area contributed by atoms with Crippen LogP contribution in [-0.4, -0.2) is 34.7 Å². The molecule has 0 radical (unpaired) electrons. The van der Waals surface area contributed by atoms with Gasteiger partial charge in [0.25, 0.3) is 0 Å². The minimum atomic E-state index is -1.04. The summed E-state index contributed by atoms with van der Waals surface area (Å²) < 4.78 is 0. The molecule has 0 aromatic carbocycles. The Hall–Kier alpha value is -1.63. The number of carbonyl (C=O) groups excluding carboxylic acids is 1. The second-order valence-corrected chi connectivity index (χ2v) is 6.71. The number of carboxylic acid groups (broad SMARTS) is 1. The second kappa shape index (κ2) is 6.69. The van der Waals surface area contributed by atoms with E-state index in [1.54, 1.807) is 32.1 Å². The highest BCUT2D eigenvalue weighted by atomic mass is 32.1. The average molecular weight is 299 g/mol. The standard InChI is InChI=1S/C13H21N3O3S/c1-8-15-9(7-20-8)5-6-14-12(19)16-10(11(17)18)13(2,3)4/h7,10H,5-6H2,1-4H3,(H,17,18)(H2,14,16,19)/t10-/m1/s1. The van der Waals surface area contributed by atoms with E-state index in [2.05, 4.69) is 15.6 Å². The van der Waals surface area contributed by atoms with Gasteiger partial charge in [0.1, 0.15) is 6.04 Å². The SMILES string of the molecule is Cc1nc(CCNC(=O)N[C@H](C(=O)O)C(C)(C)C)cs1. The van der Waals surface area contributed by atoms with E-state index in [1.165, 1.54) is 0 Å². The van der Waals surface area contributed by atoms with Gasteiger partial charge in [-0.1, -0.05) is 20.8 Å². The number of thiazole rings is 1. The molecule has 1 aromatic rings. The first kappa shape index (κ1) is 16.4. The van der Waals surface area contributed by atoms with E-state index in [-0.39, 0.29) is 0 Å². The molecule has 0 aliphatic rings. The fraction of sp³-hybridized carbons (Fsp3) is 0.615. The molecule has 1 aromatic heterocycles. The van der Waals surface area contributed by atoms with Gasteiger partial charge in [0.15, 0.2) is 0 Å². The van der Waals surface area contributed by atoms with Crippen molar-refractivity contribution >= 4 is 23.3 Å². The molecule has 0 unspecified atom stereocenters. The molecule has 0 bridgehead atoms. The summed E-state index contributed by atoms with van der Waals surface area (Å²) in [6.07, 6.45) is 0.630. The molecule has 0 saturated carbocycles. The van der Waals surface area contributed by atoms with Gasteiger partial charge in [-0.25, -0.2) is 14.6 Å². The highest BCUT2D eigenvalue weighted by molar-refractivity contribution is 7.09. The Labute approximate surface area is 122 Å². The molecule has 0 spiro atoms. The van der Waals surface area contributed by atoms with E-state index < -0.39 is 23.5 Å². The molecule has 20 heavy (non-hydrogen) atoms. The van der Waals surface area contributed by atoms with Crippen molar-refractivity contribution in [1.29, 1.82) is 0 Å². The van der Waals surface area contributed by atoms with Crippen molar-refractivity contribution < 1.29 is 14.7 Å². The Kier molecular flexibility index (Phi) is 5.50. The molecule has 0 saturated heterocycles. The first-order chi connectivity index (χ1) is 9.20. The lowest BCUT2D eigenvalue weighted by Crippen LogP contribution is -2.52. The van der Waals surface area contributed by atoms with Crippen LogP contribution in [0.3, 0.4) is 0 Å². The molecule has 0 aliphatic heterocycles. The number of nitrogens with one attached hydrogen (secondary N) is 2. The Balaban J connectivity index is 2.41. The Bertz CT molecular complexity index is 479. The van der Waals surface area contributed by atoms with Crippen LogP contribution in [0.1, 0.15) is 31.5 Å². The van der Waals surface area contributed by atoms with Crippen molar-refractivity contribution in [3.8, 4) is 0 Å². The Morgan fingerprint density at radius 1 is 1.45 bits per heavy atom. The highest BCUT2D eigenvalue weighted by Gasteiger charge is 2.32. The predicted molar refractivity (Wildman–Crippen MR) is 78.0 cm³/mol. The number of carbonyl (C=O) groups is 2. The fourth-order valence-corrected chi connectivity index (χ4v) is 2.31. The predicted octanol–water partition coefficient (Wildman–Crippen LogP) is 1.79. The van der Waals surface area contributed by atoms with Crippen LogP contribution in [0.2, 0.25) is 0 Å². The van der Waals surface area contributed by atoms with Crippen LogP contribution in [0, 0.1) is 12.3 Å². The van der Waals surface area contributed by atoms with Gasteiger partial charge in [0, 0.05) is 18.3 Å². The van der Waals surface area contributed by atoms with E-state index in [1.807, 2.05) is 12.3 Å². The molecule has 0 aliphatic carbocycles. The maximum Gasteiger partial charge on any atom is 0.326 e. The van der Waals surface area contributed by atoms with Gasteiger partial charge >= 0.3 is 12.0 Å². The lowest BCUT2D eigenvalue weighted by molar-refractivity contribution is -0.141. The molecule has 1 atom stereocenters. The van der Waals surface area contributed by atoms with Crippen LogP contribution < -0.4 is 10.6 Å². The monoisotopic (exact) mass is 299 g/mol.